The zero-order valence-electron chi connectivity index (χ0n) is 16.8. The molecule has 32 heavy (non-hydrogen) atoms. The van der Waals surface area contributed by atoms with Crippen molar-refractivity contribution in [1.82, 2.24) is 4.90 Å². The lowest BCUT2D eigenvalue weighted by Gasteiger charge is -2.26. The number of benzene rings is 2. The van der Waals surface area contributed by atoms with E-state index in [0.29, 0.717) is 37.3 Å². The normalized spacial score (nSPS) is 14.5. The predicted octanol–water partition coefficient (Wildman–Crippen LogP) is 3.58. The highest BCUT2D eigenvalue weighted by Gasteiger charge is 2.30. The first-order chi connectivity index (χ1) is 15.2. The summed E-state index contributed by atoms with van der Waals surface area (Å²) in [5, 5.41) is 11.6. The van der Waals surface area contributed by atoms with E-state index in [0.717, 1.165) is 12.1 Å². The summed E-state index contributed by atoms with van der Waals surface area (Å²) in [4.78, 5) is 24.8. The second-order valence-corrected chi connectivity index (χ2v) is 9.21. The van der Waals surface area contributed by atoms with Crippen LogP contribution in [0.25, 0.3) is 11.0 Å². The van der Waals surface area contributed by atoms with E-state index < -0.39 is 31.4 Å². The van der Waals surface area contributed by atoms with E-state index in [-0.39, 0.29) is 22.0 Å². The van der Waals surface area contributed by atoms with Gasteiger partial charge in [0.25, 0.3) is 21.6 Å². The van der Waals surface area contributed by atoms with Gasteiger partial charge in [-0.25, -0.2) is 8.42 Å². The first kappa shape index (κ1) is 22.1. The Morgan fingerprint density at radius 1 is 1.22 bits per heavy atom. The number of hydrogen-bond acceptors (Lipinski definition) is 7. The number of nitrogens with one attached hydrogen (secondary N) is 1. The minimum Gasteiger partial charge on any atom is -0.449 e. The number of nitro groups is 1. The van der Waals surface area contributed by atoms with Crippen molar-refractivity contribution >= 4 is 49.9 Å². The zero-order valence-corrected chi connectivity index (χ0v) is 18.4. The number of furan rings is 1. The van der Waals surface area contributed by atoms with E-state index >= 15 is 0 Å². The van der Waals surface area contributed by atoms with Gasteiger partial charge in [-0.15, -0.1) is 0 Å². The maximum atomic E-state index is 13.2. The molecule has 1 saturated heterocycles. The number of morpholine rings is 1. The average Bonchev–Trinajstić information content (AvgIpc) is 3.13. The molecule has 2 aromatic carbocycles. The maximum absolute atomic E-state index is 13.2. The van der Waals surface area contributed by atoms with Crippen LogP contribution in [-0.4, -0.2) is 50.5 Å². The molecule has 0 saturated carbocycles. The molecule has 168 valence electrons. The van der Waals surface area contributed by atoms with Crippen molar-refractivity contribution < 1.29 is 27.3 Å². The molecule has 1 fully saturated rings. The van der Waals surface area contributed by atoms with Crippen molar-refractivity contribution in [2.24, 2.45) is 0 Å². The number of carbonyl (C=O) groups excluding carboxylic acids is 1. The summed E-state index contributed by atoms with van der Waals surface area (Å²) < 4.78 is 39.7. The van der Waals surface area contributed by atoms with Crippen molar-refractivity contribution in [1.29, 1.82) is 0 Å². The number of nitro benzene ring substituents is 1. The summed E-state index contributed by atoms with van der Waals surface area (Å²) >= 11 is 6.04. The molecule has 0 aliphatic carbocycles. The molecular weight excluding hydrogens is 462 g/mol. The molecular formula is C20H18ClN3O7S. The molecule has 1 N–H and O–H groups in total. The number of fused-ring (bicyclic) bond motifs is 1. The van der Waals surface area contributed by atoms with Gasteiger partial charge in [0.15, 0.2) is 0 Å². The van der Waals surface area contributed by atoms with Gasteiger partial charge in [-0.1, -0.05) is 23.7 Å². The smallest absolute Gasteiger partial charge is 0.291 e. The topological polar surface area (TPSA) is 132 Å². The van der Waals surface area contributed by atoms with Crippen LogP contribution in [0.4, 0.5) is 11.4 Å². The van der Waals surface area contributed by atoms with Crippen molar-refractivity contribution in [3.05, 3.63) is 62.9 Å². The van der Waals surface area contributed by atoms with Crippen LogP contribution in [0, 0.1) is 17.0 Å². The summed E-state index contributed by atoms with van der Waals surface area (Å²) in [5.74, 6) is -0.667. The fourth-order valence-corrected chi connectivity index (χ4v) is 4.79. The van der Waals surface area contributed by atoms with Crippen molar-refractivity contribution in [3.8, 4) is 0 Å². The SMILES string of the molecule is Cc1c(Cl)cc(S(=O)(=O)Nc2c(C(=O)N3CCOCC3)oc3ccccc23)cc1[N+](=O)[O-]. The molecule has 1 aliphatic rings. The standard InChI is InChI=1S/C20H18ClN3O7S/c1-12-15(21)10-13(11-16(12)24(26)27)32(28,29)22-18-14-4-2-3-5-17(14)31-19(18)20(25)23-6-8-30-9-7-23/h2-5,10-11,22H,6-9H2,1H3. The predicted molar refractivity (Wildman–Crippen MR) is 117 cm³/mol. The Morgan fingerprint density at radius 2 is 1.91 bits per heavy atom. The molecule has 3 aromatic rings. The Kier molecular flexibility index (Phi) is 5.80. The Labute approximate surface area is 187 Å². The van der Waals surface area contributed by atoms with E-state index in [1.54, 1.807) is 24.3 Å². The van der Waals surface area contributed by atoms with Gasteiger partial charge in [0.05, 0.1) is 28.1 Å². The van der Waals surface area contributed by atoms with Crippen LogP contribution in [0.3, 0.4) is 0 Å². The fraction of sp³-hybridized carbons (Fsp3) is 0.250. The lowest BCUT2D eigenvalue weighted by Crippen LogP contribution is -2.40. The monoisotopic (exact) mass is 479 g/mol. The summed E-state index contributed by atoms with van der Waals surface area (Å²) in [6.07, 6.45) is 0. The first-order valence-corrected chi connectivity index (χ1v) is 11.4. The molecule has 1 aromatic heterocycles. The Morgan fingerprint density at radius 3 is 2.59 bits per heavy atom. The Hall–Kier alpha value is -3.15. The number of rotatable bonds is 5. The van der Waals surface area contributed by atoms with Crippen LogP contribution in [0.1, 0.15) is 16.1 Å². The third-order valence-corrected chi connectivity index (χ3v) is 6.84. The summed E-state index contributed by atoms with van der Waals surface area (Å²) in [7, 11) is -4.35. The number of halogens is 1. The average molecular weight is 480 g/mol. The van der Waals surface area contributed by atoms with E-state index in [9.17, 15) is 23.3 Å². The molecule has 0 atom stereocenters. The van der Waals surface area contributed by atoms with Crippen molar-refractivity contribution in [2.45, 2.75) is 11.8 Å². The summed E-state index contributed by atoms with van der Waals surface area (Å²) in [5.41, 5.74) is -0.0155. The van der Waals surface area contributed by atoms with Gasteiger partial charge in [-0.05, 0) is 25.1 Å². The maximum Gasteiger partial charge on any atom is 0.291 e. The minimum absolute atomic E-state index is 0.0450. The van der Waals surface area contributed by atoms with E-state index in [1.165, 1.54) is 11.8 Å². The minimum atomic E-state index is -4.35. The molecule has 1 aliphatic heterocycles. The largest absolute Gasteiger partial charge is 0.449 e. The van der Waals surface area contributed by atoms with Gasteiger partial charge in [0, 0.05) is 30.1 Å². The molecule has 0 spiro atoms. The highest BCUT2D eigenvalue weighted by atomic mass is 35.5. The molecule has 0 unspecified atom stereocenters. The second-order valence-electron chi connectivity index (χ2n) is 7.12. The van der Waals surface area contributed by atoms with Crippen molar-refractivity contribution in [2.75, 3.05) is 31.0 Å². The van der Waals surface area contributed by atoms with Gasteiger partial charge < -0.3 is 14.1 Å². The number of para-hydroxylation sites is 1. The summed E-state index contributed by atoms with van der Waals surface area (Å²) in [6.45, 7) is 2.81. The van der Waals surface area contributed by atoms with Crippen molar-refractivity contribution in [3.63, 3.8) is 0 Å². The van der Waals surface area contributed by atoms with Crippen LogP contribution < -0.4 is 4.72 Å². The number of anilines is 1. The van der Waals surface area contributed by atoms with Crippen LogP contribution >= 0.6 is 11.6 Å². The highest BCUT2D eigenvalue weighted by molar-refractivity contribution is 7.92. The van der Waals surface area contributed by atoms with Crippen LogP contribution in [0.15, 0.2) is 45.7 Å². The number of hydrogen-bond donors (Lipinski definition) is 1. The second kappa shape index (κ2) is 8.41. The van der Waals surface area contributed by atoms with Gasteiger partial charge in [0.1, 0.15) is 11.3 Å². The van der Waals surface area contributed by atoms with Crippen LogP contribution in [0.5, 0.6) is 0 Å². The fourth-order valence-electron chi connectivity index (χ4n) is 3.39. The van der Waals surface area contributed by atoms with Crippen LogP contribution in [0.2, 0.25) is 5.02 Å². The van der Waals surface area contributed by atoms with E-state index in [2.05, 4.69) is 4.72 Å². The van der Waals surface area contributed by atoms with E-state index in [4.69, 9.17) is 20.8 Å². The highest BCUT2D eigenvalue weighted by Crippen LogP contribution is 2.35. The molecule has 10 nitrogen and oxygen atoms in total. The lowest BCUT2D eigenvalue weighted by molar-refractivity contribution is -0.385. The summed E-state index contributed by atoms with van der Waals surface area (Å²) in [6, 6.07) is 8.63. The van der Waals surface area contributed by atoms with Gasteiger partial charge >= 0.3 is 0 Å². The van der Waals surface area contributed by atoms with Gasteiger partial charge in [-0.3, -0.25) is 19.6 Å². The first-order valence-electron chi connectivity index (χ1n) is 9.55. The number of ether oxygens (including phenoxy) is 1. The third-order valence-electron chi connectivity index (χ3n) is 5.12. The molecule has 12 heteroatoms. The Bertz CT molecular complexity index is 1330. The molecule has 0 radical (unpaired) electrons. The number of sulfonamides is 1. The quantitative estimate of drug-likeness (QED) is 0.437. The lowest BCUT2D eigenvalue weighted by atomic mass is 10.2. The Balaban J connectivity index is 1.80. The van der Waals surface area contributed by atoms with Gasteiger partial charge in [0.2, 0.25) is 5.76 Å². The molecule has 0 bridgehead atoms. The number of amides is 1. The molecule has 4 rings (SSSR count). The molecule has 2 heterocycles. The third kappa shape index (κ3) is 4.01. The zero-order chi connectivity index (χ0) is 23.0. The number of nitrogens with zero attached hydrogens (tertiary/aromatic N) is 2. The van der Waals surface area contributed by atoms with E-state index in [1.807, 2.05) is 0 Å². The van der Waals surface area contributed by atoms with Crippen LogP contribution in [-0.2, 0) is 14.8 Å². The van der Waals surface area contributed by atoms with Gasteiger partial charge in [-0.2, -0.15) is 0 Å². The number of carbonyl (C=O) groups is 1. The molecule has 1 amide bonds.